The van der Waals surface area contributed by atoms with Gasteiger partial charge in [0.1, 0.15) is 10.8 Å². The number of rotatable bonds is 5. The van der Waals surface area contributed by atoms with E-state index in [0.29, 0.717) is 33.8 Å². The SMILES string of the molecule is CCc1cc(-c2noc(CN)n2)c(OC)c(Cl)c1OC. The molecular formula is C13H16ClN3O3. The van der Waals surface area contributed by atoms with E-state index in [2.05, 4.69) is 10.1 Å². The summed E-state index contributed by atoms with van der Waals surface area (Å²) in [6.45, 7) is 2.19. The van der Waals surface area contributed by atoms with Crippen molar-refractivity contribution in [2.45, 2.75) is 19.9 Å². The molecule has 0 amide bonds. The molecule has 0 spiro atoms. The maximum atomic E-state index is 6.33. The summed E-state index contributed by atoms with van der Waals surface area (Å²) in [7, 11) is 3.10. The minimum absolute atomic E-state index is 0.180. The fourth-order valence-electron chi connectivity index (χ4n) is 1.96. The van der Waals surface area contributed by atoms with Crippen LogP contribution in [0.4, 0.5) is 0 Å². The number of aryl methyl sites for hydroxylation is 1. The van der Waals surface area contributed by atoms with E-state index < -0.39 is 0 Å². The lowest BCUT2D eigenvalue weighted by molar-refractivity contribution is 0.379. The summed E-state index contributed by atoms with van der Waals surface area (Å²) in [5.74, 6) is 1.79. The van der Waals surface area contributed by atoms with Gasteiger partial charge in [0.2, 0.25) is 11.7 Å². The van der Waals surface area contributed by atoms with Crippen LogP contribution in [0.15, 0.2) is 10.6 Å². The highest BCUT2D eigenvalue weighted by Crippen LogP contribution is 2.43. The highest BCUT2D eigenvalue weighted by atomic mass is 35.5. The van der Waals surface area contributed by atoms with Crippen LogP contribution < -0.4 is 15.2 Å². The molecule has 6 nitrogen and oxygen atoms in total. The lowest BCUT2D eigenvalue weighted by Gasteiger charge is -2.15. The van der Waals surface area contributed by atoms with E-state index >= 15 is 0 Å². The number of nitrogens with two attached hydrogens (primary N) is 1. The zero-order chi connectivity index (χ0) is 14.7. The Labute approximate surface area is 121 Å². The van der Waals surface area contributed by atoms with E-state index in [1.54, 1.807) is 7.11 Å². The fraction of sp³-hybridized carbons (Fsp3) is 0.385. The van der Waals surface area contributed by atoms with Crippen LogP contribution in [0.2, 0.25) is 5.02 Å². The van der Waals surface area contributed by atoms with Gasteiger partial charge in [0.05, 0.1) is 26.3 Å². The van der Waals surface area contributed by atoms with E-state index in [1.807, 2.05) is 13.0 Å². The second kappa shape index (κ2) is 6.11. The highest BCUT2D eigenvalue weighted by Gasteiger charge is 2.21. The Hall–Kier alpha value is -1.79. The molecule has 0 fully saturated rings. The first-order valence-corrected chi connectivity index (χ1v) is 6.50. The Morgan fingerprint density at radius 2 is 2.00 bits per heavy atom. The summed E-state index contributed by atoms with van der Waals surface area (Å²) in [6, 6.07) is 1.88. The van der Waals surface area contributed by atoms with Crippen LogP contribution in [0.25, 0.3) is 11.4 Å². The van der Waals surface area contributed by atoms with Gasteiger partial charge in [-0.25, -0.2) is 0 Å². The van der Waals surface area contributed by atoms with Gasteiger partial charge in [0, 0.05) is 0 Å². The Balaban J connectivity index is 2.65. The van der Waals surface area contributed by atoms with E-state index in [-0.39, 0.29) is 6.54 Å². The summed E-state index contributed by atoms with van der Waals surface area (Å²) < 4.78 is 15.7. The van der Waals surface area contributed by atoms with Crippen LogP contribution in [0.1, 0.15) is 18.4 Å². The van der Waals surface area contributed by atoms with Gasteiger partial charge >= 0.3 is 0 Å². The van der Waals surface area contributed by atoms with Gasteiger partial charge in [-0.2, -0.15) is 4.98 Å². The molecule has 0 saturated heterocycles. The van der Waals surface area contributed by atoms with Crippen molar-refractivity contribution in [3.8, 4) is 22.9 Å². The van der Waals surface area contributed by atoms with Gasteiger partial charge < -0.3 is 19.7 Å². The Kier molecular flexibility index (Phi) is 4.46. The number of aromatic nitrogens is 2. The van der Waals surface area contributed by atoms with Gasteiger partial charge in [0.25, 0.3) is 0 Å². The van der Waals surface area contributed by atoms with Crippen molar-refractivity contribution in [3.63, 3.8) is 0 Å². The highest BCUT2D eigenvalue weighted by molar-refractivity contribution is 6.34. The molecule has 0 aliphatic heterocycles. The number of benzene rings is 1. The fourth-order valence-corrected chi connectivity index (χ4v) is 2.34. The average Bonchev–Trinajstić information content (AvgIpc) is 2.94. The molecule has 0 atom stereocenters. The van der Waals surface area contributed by atoms with Crippen molar-refractivity contribution in [1.82, 2.24) is 10.1 Å². The van der Waals surface area contributed by atoms with Gasteiger partial charge in [-0.15, -0.1) is 0 Å². The molecule has 0 aliphatic carbocycles. The van der Waals surface area contributed by atoms with Crippen LogP contribution in [-0.4, -0.2) is 24.4 Å². The minimum atomic E-state index is 0.180. The van der Waals surface area contributed by atoms with Crippen molar-refractivity contribution in [2.75, 3.05) is 14.2 Å². The largest absolute Gasteiger partial charge is 0.495 e. The predicted molar refractivity (Wildman–Crippen MR) is 75.1 cm³/mol. The number of halogens is 1. The smallest absolute Gasteiger partial charge is 0.240 e. The topological polar surface area (TPSA) is 83.4 Å². The van der Waals surface area contributed by atoms with Crippen molar-refractivity contribution in [3.05, 3.63) is 22.5 Å². The predicted octanol–water partition coefficient (Wildman–Crippen LogP) is 2.43. The van der Waals surface area contributed by atoms with Crippen LogP contribution in [0, 0.1) is 0 Å². The normalized spacial score (nSPS) is 10.7. The Bertz CT molecular complexity index is 613. The first kappa shape index (κ1) is 14.6. The second-order valence-electron chi connectivity index (χ2n) is 4.03. The summed E-state index contributed by atoms with van der Waals surface area (Å²) in [4.78, 5) is 4.20. The number of hydrogen-bond donors (Lipinski definition) is 1. The van der Waals surface area contributed by atoms with Gasteiger partial charge in [-0.3, -0.25) is 0 Å². The number of hydrogen-bond acceptors (Lipinski definition) is 6. The summed E-state index contributed by atoms with van der Waals surface area (Å²) in [5, 5.41) is 4.28. The van der Waals surface area contributed by atoms with Crippen molar-refractivity contribution >= 4 is 11.6 Å². The third kappa shape index (κ3) is 2.44. The summed E-state index contributed by atoms with van der Waals surface area (Å²) in [6.07, 6.45) is 0.751. The van der Waals surface area contributed by atoms with Crippen molar-refractivity contribution in [2.24, 2.45) is 5.73 Å². The van der Waals surface area contributed by atoms with Crippen LogP contribution in [-0.2, 0) is 13.0 Å². The standard InChI is InChI=1S/C13H16ClN3O3/c1-4-7-5-8(13-16-9(6-15)20-17-13)12(19-3)10(14)11(7)18-2/h5H,4,6,15H2,1-3H3. The molecule has 2 N–H and O–H groups in total. The monoisotopic (exact) mass is 297 g/mol. The zero-order valence-electron chi connectivity index (χ0n) is 11.6. The van der Waals surface area contributed by atoms with Crippen molar-refractivity contribution in [1.29, 1.82) is 0 Å². The summed E-state index contributed by atoms with van der Waals surface area (Å²) in [5.41, 5.74) is 7.06. The molecule has 0 saturated carbocycles. The van der Waals surface area contributed by atoms with Gasteiger partial charge in [0.15, 0.2) is 5.75 Å². The lowest BCUT2D eigenvalue weighted by atomic mass is 10.1. The van der Waals surface area contributed by atoms with E-state index in [0.717, 1.165) is 12.0 Å². The molecule has 108 valence electrons. The average molecular weight is 298 g/mol. The molecule has 2 rings (SSSR count). The minimum Gasteiger partial charge on any atom is -0.495 e. The van der Waals surface area contributed by atoms with Crippen LogP contribution >= 0.6 is 11.6 Å². The second-order valence-corrected chi connectivity index (χ2v) is 4.41. The molecule has 1 heterocycles. The number of methoxy groups -OCH3 is 2. The maximum absolute atomic E-state index is 6.33. The third-order valence-corrected chi connectivity index (χ3v) is 3.27. The van der Waals surface area contributed by atoms with E-state index in [4.69, 9.17) is 31.3 Å². The van der Waals surface area contributed by atoms with Crippen molar-refractivity contribution < 1.29 is 14.0 Å². The Morgan fingerprint density at radius 1 is 1.30 bits per heavy atom. The molecule has 2 aromatic rings. The molecule has 7 heteroatoms. The lowest BCUT2D eigenvalue weighted by Crippen LogP contribution is -1.99. The van der Waals surface area contributed by atoms with Crippen LogP contribution in [0.3, 0.4) is 0 Å². The third-order valence-electron chi connectivity index (χ3n) is 2.93. The molecule has 1 aromatic heterocycles. The first-order chi connectivity index (χ1) is 9.65. The van der Waals surface area contributed by atoms with E-state index in [1.165, 1.54) is 7.11 Å². The number of nitrogens with zero attached hydrogens (tertiary/aromatic N) is 2. The van der Waals surface area contributed by atoms with E-state index in [9.17, 15) is 0 Å². The molecule has 20 heavy (non-hydrogen) atoms. The molecular weight excluding hydrogens is 282 g/mol. The molecule has 0 unspecified atom stereocenters. The first-order valence-electron chi connectivity index (χ1n) is 6.12. The molecule has 1 aromatic carbocycles. The summed E-state index contributed by atoms with van der Waals surface area (Å²) >= 11 is 6.33. The number of ether oxygens (including phenoxy) is 2. The molecule has 0 bridgehead atoms. The van der Waals surface area contributed by atoms with Crippen LogP contribution in [0.5, 0.6) is 11.5 Å². The maximum Gasteiger partial charge on any atom is 0.240 e. The van der Waals surface area contributed by atoms with Gasteiger partial charge in [-0.1, -0.05) is 23.7 Å². The quantitative estimate of drug-likeness (QED) is 0.912. The van der Waals surface area contributed by atoms with Gasteiger partial charge in [-0.05, 0) is 18.1 Å². The Morgan fingerprint density at radius 3 is 2.50 bits per heavy atom. The molecule has 0 radical (unpaired) electrons. The zero-order valence-corrected chi connectivity index (χ0v) is 12.3. The molecule has 0 aliphatic rings.